The summed E-state index contributed by atoms with van der Waals surface area (Å²) in [6.07, 6.45) is 4.61. The summed E-state index contributed by atoms with van der Waals surface area (Å²) in [7, 11) is 0. The van der Waals surface area contributed by atoms with E-state index in [2.05, 4.69) is 93.1 Å². The number of anilines is 1. The van der Waals surface area contributed by atoms with E-state index in [1.54, 1.807) is 0 Å². The Hall–Kier alpha value is -2.92. The highest BCUT2D eigenvalue weighted by molar-refractivity contribution is 7.80. The van der Waals surface area contributed by atoms with Gasteiger partial charge in [-0.15, -0.1) is 10.2 Å². The number of aryl methyl sites for hydroxylation is 1. The number of fused-ring (bicyclic) bond motifs is 2. The van der Waals surface area contributed by atoms with E-state index in [1.165, 1.54) is 23.9 Å². The fraction of sp³-hybridized carbons (Fsp3) is 0.240. The predicted molar refractivity (Wildman–Crippen MR) is 128 cm³/mol. The van der Waals surface area contributed by atoms with Crippen molar-refractivity contribution >= 4 is 51.4 Å². The maximum absolute atomic E-state index is 4.68. The maximum atomic E-state index is 4.68. The first-order valence-corrected chi connectivity index (χ1v) is 11.2. The maximum Gasteiger partial charge on any atom is 0.214 e. The van der Waals surface area contributed by atoms with Crippen LogP contribution in [-0.2, 0) is 6.54 Å². The molecule has 150 valence electrons. The van der Waals surface area contributed by atoms with E-state index in [4.69, 9.17) is 0 Å². The molecule has 1 aliphatic heterocycles. The van der Waals surface area contributed by atoms with Crippen LogP contribution in [0.15, 0.2) is 83.2 Å². The number of thiol groups is 1. The van der Waals surface area contributed by atoms with Crippen molar-refractivity contribution in [3.05, 3.63) is 72.9 Å². The number of para-hydroxylation sites is 1. The zero-order chi connectivity index (χ0) is 20.3. The van der Waals surface area contributed by atoms with Crippen LogP contribution in [0.4, 0.5) is 17.1 Å². The molecular formula is C25H25N4S+. The van der Waals surface area contributed by atoms with Gasteiger partial charge in [0.1, 0.15) is 5.69 Å². The third-order valence-corrected chi connectivity index (χ3v) is 6.03. The van der Waals surface area contributed by atoms with Crippen LogP contribution in [0.25, 0.3) is 21.7 Å². The third kappa shape index (κ3) is 3.54. The molecule has 4 nitrogen and oxygen atoms in total. The highest BCUT2D eigenvalue weighted by atomic mass is 32.1. The molecule has 4 aromatic rings. The van der Waals surface area contributed by atoms with Gasteiger partial charge in [-0.05, 0) is 31.0 Å². The predicted octanol–water partition coefficient (Wildman–Crippen LogP) is 6.23. The van der Waals surface area contributed by atoms with Crippen molar-refractivity contribution in [3.8, 4) is 0 Å². The van der Waals surface area contributed by atoms with Gasteiger partial charge in [0.2, 0.25) is 5.52 Å². The van der Waals surface area contributed by atoms with Gasteiger partial charge >= 0.3 is 0 Å². The average Bonchev–Trinajstić information content (AvgIpc) is 3.33. The Bertz CT molecular complexity index is 1230. The molecule has 0 amide bonds. The Morgan fingerprint density at radius 3 is 2.20 bits per heavy atom. The van der Waals surface area contributed by atoms with Crippen molar-refractivity contribution in [2.75, 3.05) is 23.7 Å². The Balaban J connectivity index is 1.57. The van der Waals surface area contributed by atoms with E-state index in [9.17, 15) is 0 Å². The first-order valence-electron chi connectivity index (χ1n) is 10.6. The molecule has 1 fully saturated rings. The fourth-order valence-corrected chi connectivity index (χ4v) is 4.57. The third-order valence-electron chi connectivity index (χ3n) is 5.83. The topological polar surface area (TPSA) is 31.8 Å². The number of benzene rings is 3. The van der Waals surface area contributed by atoms with Crippen molar-refractivity contribution in [1.29, 1.82) is 0 Å². The molecule has 3 aromatic carbocycles. The van der Waals surface area contributed by atoms with Crippen molar-refractivity contribution in [3.63, 3.8) is 0 Å². The first-order chi connectivity index (χ1) is 14.8. The summed E-state index contributed by atoms with van der Waals surface area (Å²) in [5.41, 5.74) is 4.25. The number of hydrogen-bond acceptors (Lipinski definition) is 4. The average molecular weight is 414 g/mol. The molecule has 2 heterocycles. The molecule has 0 aliphatic carbocycles. The largest absolute Gasteiger partial charge is 0.371 e. The van der Waals surface area contributed by atoms with Gasteiger partial charge in [0, 0.05) is 47.4 Å². The highest BCUT2D eigenvalue weighted by Gasteiger charge is 2.16. The second-order valence-electron chi connectivity index (χ2n) is 7.68. The van der Waals surface area contributed by atoms with Gasteiger partial charge in [-0.2, -0.15) is 17.2 Å². The van der Waals surface area contributed by atoms with Crippen LogP contribution in [0.2, 0.25) is 0 Å². The monoisotopic (exact) mass is 413 g/mol. The number of nitrogens with zero attached hydrogens (tertiary/aromatic N) is 4. The second kappa shape index (κ2) is 8.44. The van der Waals surface area contributed by atoms with Gasteiger partial charge in [0.25, 0.3) is 0 Å². The quantitative estimate of drug-likeness (QED) is 0.235. The number of azo groups is 1. The lowest BCUT2D eigenvalue weighted by atomic mass is 10.1. The van der Waals surface area contributed by atoms with Crippen LogP contribution in [0.1, 0.15) is 12.8 Å². The smallest absolute Gasteiger partial charge is 0.214 e. The molecule has 30 heavy (non-hydrogen) atoms. The Morgan fingerprint density at radius 2 is 1.43 bits per heavy atom. The summed E-state index contributed by atoms with van der Waals surface area (Å²) >= 11 is 4.38. The van der Waals surface area contributed by atoms with Crippen LogP contribution in [0.5, 0.6) is 0 Å². The Labute approximate surface area is 182 Å². The minimum absolute atomic E-state index is 0.797. The molecule has 5 rings (SSSR count). The normalized spacial score (nSPS) is 14.4. The summed E-state index contributed by atoms with van der Waals surface area (Å²) in [4.78, 5) is 2.48. The van der Waals surface area contributed by atoms with Gasteiger partial charge in [0.05, 0.1) is 11.1 Å². The van der Waals surface area contributed by atoms with Crippen LogP contribution in [-0.4, -0.2) is 18.8 Å². The van der Waals surface area contributed by atoms with Gasteiger partial charge in [-0.25, -0.2) is 0 Å². The van der Waals surface area contributed by atoms with Gasteiger partial charge in [-0.3, -0.25) is 0 Å². The molecule has 0 saturated carbocycles. The van der Waals surface area contributed by atoms with E-state index in [0.717, 1.165) is 53.1 Å². The standard InChI is InChI=1S/C25H24N4S/c30-18-17-29-16-13-23(21-9-3-4-10-24(21)29)27-26-22-11-12-25(28-14-5-6-15-28)20-8-2-1-7-19(20)22/h1-4,7-13,16H,5-6,14-15,17-18H2/p+1. The van der Waals surface area contributed by atoms with Crippen LogP contribution >= 0.6 is 12.6 Å². The van der Waals surface area contributed by atoms with Crippen LogP contribution < -0.4 is 9.47 Å². The van der Waals surface area contributed by atoms with E-state index in [1.807, 2.05) is 12.1 Å². The van der Waals surface area contributed by atoms with Crippen molar-refractivity contribution < 1.29 is 4.57 Å². The number of pyridine rings is 1. The van der Waals surface area contributed by atoms with E-state index >= 15 is 0 Å². The zero-order valence-electron chi connectivity index (χ0n) is 16.9. The molecule has 1 aromatic heterocycles. The second-order valence-corrected chi connectivity index (χ2v) is 8.13. The van der Waals surface area contributed by atoms with E-state index < -0.39 is 0 Å². The number of hydrogen-bond donors (Lipinski definition) is 1. The highest BCUT2D eigenvalue weighted by Crippen LogP contribution is 2.36. The lowest BCUT2D eigenvalue weighted by molar-refractivity contribution is -0.666. The summed E-state index contributed by atoms with van der Waals surface area (Å²) in [5.74, 6) is 0.797. The van der Waals surface area contributed by atoms with Gasteiger partial charge in [0.15, 0.2) is 12.7 Å². The molecule has 0 atom stereocenters. The molecule has 0 unspecified atom stereocenters. The fourth-order valence-electron chi connectivity index (χ4n) is 4.36. The van der Waals surface area contributed by atoms with Crippen molar-refractivity contribution in [2.45, 2.75) is 19.4 Å². The van der Waals surface area contributed by atoms with Gasteiger partial charge < -0.3 is 4.90 Å². The van der Waals surface area contributed by atoms with E-state index in [-0.39, 0.29) is 0 Å². The molecule has 0 spiro atoms. The molecule has 0 N–H and O–H groups in total. The molecule has 1 aliphatic rings. The summed E-state index contributed by atoms with van der Waals surface area (Å²) in [6.45, 7) is 3.13. The minimum Gasteiger partial charge on any atom is -0.371 e. The molecule has 5 heteroatoms. The molecule has 1 saturated heterocycles. The van der Waals surface area contributed by atoms with Crippen molar-refractivity contribution in [1.82, 2.24) is 0 Å². The zero-order valence-corrected chi connectivity index (χ0v) is 17.8. The lowest BCUT2D eigenvalue weighted by Crippen LogP contribution is -2.34. The summed E-state index contributed by atoms with van der Waals surface area (Å²) in [5, 5.41) is 12.8. The van der Waals surface area contributed by atoms with Gasteiger partial charge in [-0.1, -0.05) is 36.4 Å². The minimum atomic E-state index is 0.797. The molecule has 0 bridgehead atoms. The van der Waals surface area contributed by atoms with E-state index in [0.29, 0.717) is 0 Å². The summed E-state index contributed by atoms with van der Waals surface area (Å²) in [6, 6.07) is 23.2. The number of rotatable bonds is 5. The lowest BCUT2D eigenvalue weighted by Gasteiger charge is -2.20. The number of aromatic nitrogens is 1. The molecule has 0 radical (unpaired) electrons. The Kier molecular flexibility index (Phi) is 5.37. The van der Waals surface area contributed by atoms with Crippen LogP contribution in [0.3, 0.4) is 0 Å². The Morgan fingerprint density at radius 1 is 0.767 bits per heavy atom. The van der Waals surface area contributed by atoms with Crippen LogP contribution in [0, 0.1) is 0 Å². The van der Waals surface area contributed by atoms with Crippen molar-refractivity contribution in [2.24, 2.45) is 10.2 Å². The SMILES string of the molecule is SCC[n+]1ccc(/N=N/c2ccc(N3CCCC3)c3ccccc23)c2ccccc21. The first kappa shape index (κ1) is 19.1. The summed E-state index contributed by atoms with van der Waals surface area (Å²) < 4.78 is 2.21. The molecular weight excluding hydrogens is 388 g/mol.